The van der Waals surface area contributed by atoms with Gasteiger partial charge in [0.05, 0.1) is 34.0 Å². The minimum absolute atomic E-state index is 0.129. The van der Waals surface area contributed by atoms with Crippen molar-refractivity contribution in [2.24, 2.45) is 4.99 Å². The van der Waals surface area contributed by atoms with Gasteiger partial charge in [0.25, 0.3) is 5.56 Å². The number of hydrogen-bond acceptors (Lipinski definition) is 5. The molecule has 5 nitrogen and oxygen atoms in total. The summed E-state index contributed by atoms with van der Waals surface area (Å²) in [5.41, 5.74) is 1.23. The van der Waals surface area contributed by atoms with Gasteiger partial charge in [0.2, 0.25) is 0 Å². The first-order chi connectivity index (χ1) is 14.4. The molecule has 2 heterocycles. The second-order valence-corrected chi connectivity index (χ2v) is 8.04. The Labute approximate surface area is 180 Å². The van der Waals surface area contributed by atoms with Gasteiger partial charge in [0, 0.05) is 5.56 Å². The van der Waals surface area contributed by atoms with Crippen LogP contribution in [-0.2, 0) is 9.53 Å². The number of benzene rings is 2. The smallest absolute Gasteiger partial charge is 0.338 e. The first-order valence-corrected chi connectivity index (χ1v) is 10.2. The number of hydrogen-bond donors (Lipinski definition) is 0. The van der Waals surface area contributed by atoms with Crippen LogP contribution in [0.2, 0.25) is 5.02 Å². The zero-order valence-electron chi connectivity index (χ0n) is 16.1. The average Bonchev–Trinajstić information content (AvgIpc) is 3.04. The zero-order chi connectivity index (χ0) is 21.4. The van der Waals surface area contributed by atoms with Gasteiger partial charge in [-0.25, -0.2) is 14.2 Å². The third kappa shape index (κ3) is 3.40. The van der Waals surface area contributed by atoms with Gasteiger partial charge >= 0.3 is 5.97 Å². The van der Waals surface area contributed by atoms with Crippen LogP contribution < -0.4 is 14.9 Å². The van der Waals surface area contributed by atoms with Gasteiger partial charge in [-0.15, -0.1) is 0 Å². The van der Waals surface area contributed by atoms with E-state index in [2.05, 4.69) is 4.99 Å². The number of esters is 1. The second-order valence-electron chi connectivity index (χ2n) is 6.62. The van der Waals surface area contributed by atoms with Crippen LogP contribution in [0.4, 0.5) is 4.39 Å². The predicted octanol–water partition coefficient (Wildman–Crippen LogP) is 3.20. The molecule has 0 aliphatic carbocycles. The highest BCUT2D eigenvalue weighted by Crippen LogP contribution is 2.30. The number of carbonyl (C=O) groups is 1. The van der Waals surface area contributed by atoms with Crippen LogP contribution in [0.1, 0.15) is 24.1 Å². The van der Waals surface area contributed by atoms with Gasteiger partial charge in [0.1, 0.15) is 5.82 Å². The summed E-state index contributed by atoms with van der Waals surface area (Å²) >= 11 is 7.24. The number of thiazole rings is 1. The fourth-order valence-electron chi connectivity index (χ4n) is 3.42. The molecule has 1 aromatic heterocycles. The van der Waals surface area contributed by atoms with Gasteiger partial charge in [-0.1, -0.05) is 59.3 Å². The fourth-order valence-corrected chi connectivity index (χ4v) is 4.67. The van der Waals surface area contributed by atoms with E-state index in [0.29, 0.717) is 10.5 Å². The van der Waals surface area contributed by atoms with Crippen LogP contribution in [-0.4, -0.2) is 17.6 Å². The molecule has 1 atom stereocenters. The quantitative estimate of drug-likeness (QED) is 0.585. The summed E-state index contributed by atoms with van der Waals surface area (Å²) in [5, 5.41) is 0.201. The molecule has 8 heteroatoms. The lowest BCUT2D eigenvalue weighted by molar-refractivity contribution is -0.136. The molecule has 30 heavy (non-hydrogen) atoms. The monoisotopic (exact) mass is 442 g/mol. The summed E-state index contributed by atoms with van der Waals surface area (Å²) < 4.78 is 20.9. The van der Waals surface area contributed by atoms with Crippen molar-refractivity contribution in [2.75, 3.05) is 7.11 Å². The molecule has 152 valence electrons. The van der Waals surface area contributed by atoms with E-state index < -0.39 is 17.8 Å². The minimum atomic E-state index is -0.701. The van der Waals surface area contributed by atoms with Gasteiger partial charge in [-0.05, 0) is 30.7 Å². The highest BCUT2D eigenvalue weighted by atomic mass is 35.5. The summed E-state index contributed by atoms with van der Waals surface area (Å²) in [4.78, 5) is 30.7. The summed E-state index contributed by atoms with van der Waals surface area (Å²) in [6, 6.07) is 12.8. The molecule has 1 aliphatic heterocycles. The van der Waals surface area contributed by atoms with E-state index in [-0.39, 0.29) is 26.3 Å². The Morgan fingerprint density at radius 1 is 1.23 bits per heavy atom. The first-order valence-electron chi connectivity index (χ1n) is 9.02. The normalized spacial score (nSPS) is 16.3. The third-order valence-electron chi connectivity index (χ3n) is 4.82. The Kier molecular flexibility index (Phi) is 5.40. The molecule has 0 bridgehead atoms. The molecule has 0 saturated heterocycles. The molecular weight excluding hydrogens is 427 g/mol. The standard InChI is InChI=1S/C22H16ClFN2O3S/c1-12-18(21(28)29-2)19(13-7-4-3-5-8-13)26-20(27)17(30-22(26)25-12)11-14-15(23)9-6-10-16(14)24/h3-11,19H,1-2H3. The van der Waals surface area contributed by atoms with Crippen molar-refractivity contribution >= 4 is 35.0 Å². The summed E-state index contributed by atoms with van der Waals surface area (Å²) in [6.07, 6.45) is 1.42. The molecule has 0 saturated carbocycles. The topological polar surface area (TPSA) is 60.7 Å². The van der Waals surface area contributed by atoms with Crippen LogP contribution in [0.25, 0.3) is 6.08 Å². The maximum absolute atomic E-state index is 14.3. The molecule has 0 amide bonds. The molecule has 0 fully saturated rings. The molecule has 2 aromatic carbocycles. The lowest BCUT2D eigenvalue weighted by Gasteiger charge is -2.24. The largest absolute Gasteiger partial charge is 0.466 e. The number of methoxy groups -OCH3 is 1. The second kappa shape index (κ2) is 8.01. The maximum atomic E-state index is 14.3. The van der Waals surface area contributed by atoms with E-state index in [1.54, 1.807) is 13.0 Å². The lowest BCUT2D eigenvalue weighted by atomic mass is 9.96. The molecule has 1 unspecified atom stereocenters. The first kappa shape index (κ1) is 20.3. The molecule has 0 N–H and O–H groups in total. The van der Waals surface area contributed by atoms with Crippen molar-refractivity contribution in [2.45, 2.75) is 13.0 Å². The molecule has 1 aliphatic rings. The summed E-state index contributed by atoms with van der Waals surface area (Å²) in [5.74, 6) is -1.09. The Balaban J connectivity index is 2.01. The number of nitrogens with zero attached hydrogens (tertiary/aromatic N) is 2. The van der Waals surface area contributed by atoms with Crippen molar-refractivity contribution in [3.8, 4) is 0 Å². The van der Waals surface area contributed by atoms with Crippen molar-refractivity contribution in [1.29, 1.82) is 0 Å². The van der Waals surface area contributed by atoms with Gasteiger partial charge in [-0.2, -0.15) is 0 Å². The molecule has 0 radical (unpaired) electrons. The van der Waals surface area contributed by atoms with Crippen LogP contribution in [0.3, 0.4) is 0 Å². The summed E-state index contributed by atoms with van der Waals surface area (Å²) in [7, 11) is 1.29. The lowest BCUT2D eigenvalue weighted by Crippen LogP contribution is -2.39. The van der Waals surface area contributed by atoms with E-state index in [1.165, 1.54) is 29.9 Å². The van der Waals surface area contributed by atoms with Gasteiger partial charge < -0.3 is 4.74 Å². The number of rotatable bonds is 3. The number of carbonyl (C=O) groups excluding carboxylic acids is 1. The van der Waals surface area contributed by atoms with E-state index in [0.717, 1.165) is 16.9 Å². The molecule has 0 spiro atoms. The predicted molar refractivity (Wildman–Crippen MR) is 114 cm³/mol. The molecule has 4 rings (SSSR count). The maximum Gasteiger partial charge on any atom is 0.338 e. The van der Waals surface area contributed by atoms with Crippen LogP contribution in [0.5, 0.6) is 0 Å². The van der Waals surface area contributed by atoms with Crippen LogP contribution in [0, 0.1) is 5.82 Å². The SMILES string of the molecule is COC(=O)C1=C(C)N=c2sc(=Cc3c(F)cccc3Cl)c(=O)n2C1c1ccccc1. The number of fused-ring (bicyclic) bond motifs is 1. The number of ether oxygens (including phenoxy) is 1. The van der Waals surface area contributed by atoms with Crippen molar-refractivity contribution in [3.05, 3.63) is 101 Å². The fraction of sp³-hybridized carbons (Fsp3) is 0.136. The zero-order valence-corrected chi connectivity index (χ0v) is 17.6. The van der Waals surface area contributed by atoms with E-state index in [9.17, 15) is 14.0 Å². The highest BCUT2D eigenvalue weighted by Gasteiger charge is 2.32. The summed E-state index contributed by atoms with van der Waals surface area (Å²) in [6.45, 7) is 1.70. The Hall–Kier alpha value is -3.03. The number of halogens is 2. The van der Waals surface area contributed by atoms with Crippen molar-refractivity contribution in [3.63, 3.8) is 0 Å². The Morgan fingerprint density at radius 2 is 1.97 bits per heavy atom. The van der Waals surface area contributed by atoms with Crippen molar-refractivity contribution in [1.82, 2.24) is 4.57 Å². The van der Waals surface area contributed by atoms with Crippen LogP contribution in [0.15, 0.2) is 69.6 Å². The van der Waals surface area contributed by atoms with Gasteiger partial charge in [-0.3, -0.25) is 9.36 Å². The Bertz CT molecular complexity index is 1340. The molecule has 3 aromatic rings. The van der Waals surface area contributed by atoms with E-state index in [4.69, 9.17) is 16.3 Å². The highest BCUT2D eigenvalue weighted by molar-refractivity contribution is 7.07. The number of allylic oxidation sites excluding steroid dienone is 1. The average molecular weight is 443 g/mol. The third-order valence-corrected chi connectivity index (χ3v) is 6.13. The van der Waals surface area contributed by atoms with Crippen LogP contribution >= 0.6 is 22.9 Å². The van der Waals surface area contributed by atoms with E-state index >= 15 is 0 Å². The minimum Gasteiger partial charge on any atom is -0.466 e. The van der Waals surface area contributed by atoms with E-state index in [1.807, 2.05) is 30.3 Å². The molecular formula is C22H16ClFN2O3S. The Morgan fingerprint density at radius 3 is 2.63 bits per heavy atom. The van der Waals surface area contributed by atoms with Crippen molar-refractivity contribution < 1.29 is 13.9 Å². The number of aromatic nitrogens is 1. The van der Waals surface area contributed by atoms with Gasteiger partial charge in [0.15, 0.2) is 4.80 Å².